The number of thiazole rings is 1. The molecule has 1 atom stereocenters. The van der Waals surface area contributed by atoms with Crippen LogP contribution in [0.15, 0.2) is 24.3 Å². The van der Waals surface area contributed by atoms with E-state index in [1.807, 2.05) is 18.2 Å². The van der Waals surface area contributed by atoms with Crippen molar-refractivity contribution in [2.24, 2.45) is 0 Å². The van der Waals surface area contributed by atoms with Crippen molar-refractivity contribution in [3.05, 3.63) is 29.3 Å². The number of aromatic nitrogens is 1. The summed E-state index contributed by atoms with van der Waals surface area (Å²) in [7, 11) is 0. The highest BCUT2D eigenvalue weighted by molar-refractivity contribution is 7.18. The summed E-state index contributed by atoms with van der Waals surface area (Å²) in [5.74, 6) is 0.131. The summed E-state index contributed by atoms with van der Waals surface area (Å²) in [5.41, 5.74) is 1.05. The number of likely N-dealkylation sites (tertiary alicyclic amines) is 1. The fourth-order valence-corrected chi connectivity index (χ4v) is 5.22. The minimum atomic E-state index is -0.355. The third-order valence-corrected chi connectivity index (χ3v) is 6.67. The van der Waals surface area contributed by atoms with E-state index in [-0.39, 0.29) is 24.5 Å². The largest absolute Gasteiger partial charge is 0.335 e. The molecule has 2 aromatic rings. The molecule has 1 saturated heterocycles. The molecule has 144 valence electrons. The first kappa shape index (κ1) is 18.4. The Morgan fingerprint density at radius 3 is 2.78 bits per heavy atom. The molecule has 4 rings (SSSR count). The number of hydrogen-bond donors (Lipinski definition) is 2. The molecule has 2 fully saturated rings. The van der Waals surface area contributed by atoms with Crippen LogP contribution in [0.5, 0.6) is 0 Å². The van der Waals surface area contributed by atoms with Crippen LogP contribution in [0.3, 0.4) is 0 Å². The zero-order valence-corrected chi connectivity index (χ0v) is 16.3. The average molecular weight is 387 g/mol. The van der Waals surface area contributed by atoms with Crippen molar-refractivity contribution in [2.75, 3.05) is 19.6 Å². The van der Waals surface area contributed by atoms with Gasteiger partial charge in [-0.15, -0.1) is 11.3 Å². The van der Waals surface area contributed by atoms with Gasteiger partial charge < -0.3 is 5.32 Å². The first-order valence-electron chi connectivity index (χ1n) is 9.85. The van der Waals surface area contributed by atoms with Crippen LogP contribution in [0.25, 0.3) is 10.2 Å². The van der Waals surface area contributed by atoms with Gasteiger partial charge in [0.1, 0.15) is 0 Å². The molecule has 2 heterocycles. The van der Waals surface area contributed by atoms with Crippen LogP contribution in [0.4, 0.5) is 4.79 Å². The van der Waals surface area contributed by atoms with Gasteiger partial charge >= 0.3 is 6.03 Å². The van der Waals surface area contributed by atoms with Gasteiger partial charge in [-0.1, -0.05) is 25.0 Å². The molecule has 1 aliphatic heterocycles. The first-order chi connectivity index (χ1) is 13.2. The van der Waals surface area contributed by atoms with Crippen molar-refractivity contribution < 1.29 is 9.59 Å². The number of carbonyl (C=O) groups is 2. The maximum atomic E-state index is 12.3. The Hall–Kier alpha value is -1.99. The Bertz CT molecular complexity index is 782. The molecule has 1 aromatic carbocycles. The van der Waals surface area contributed by atoms with Gasteiger partial charge in [0.25, 0.3) is 0 Å². The van der Waals surface area contributed by atoms with Gasteiger partial charge in [-0.3, -0.25) is 15.0 Å². The molecule has 1 saturated carbocycles. The van der Waals surface area contributed by atoms with Crippen LogP contribution in [0.1, 0.15) is 49.5 Å². The Kier molecular flexibility index (Phi) is 5.69. The lowest BCUT2D eigenvalue weighted by molar-refractivity contribution is -0.121. The summed E-state index contributed by atoms with van der Waals surface area (Å²) in [5, 5.41) is 6.54. The molecule has 3 amide bonds. The molecule has 6 nitrogen and oxygen atoms in total. The molecule has 0 bridgehead atoms. The van der Waals surface area contributed by atoms with E-state index in [9.17, 15) is 9.59 Å². The highest BCUT2D eigenvalue weighted by atomic mass is 32.1. The summed E-state index contributed by atoms with van der Waals surface area (Å²) in [6.07, 6.45) is 6.47. The number of nitrogens with zero attached hydrogens (tertiary/aromatic N) is 2. The van der Waals surface area contributed by atoms with E-state index in [1.165, 1.54) is 4.70 Å². The number of amides is 3. The number of hydrogen-bond acceptors (Lipinski definition) is 5. The third-order valence-electron chi connectivity index (χ3n) is 5.48. The van der Waals surface area contributed by atoms with Crippen LogP contribution in [0.2, 0.25) is 0 Å². The highest BCUT2D eigenvalue weighted by Crippen LogP contribution is 2.32. The molecular formula is C20H26N4O2S. The minimum Gasteiger partial charge on any atom is -0.335 e. The number of para-hydroxylation sites is 1. The molecule has 0 spiro atoms. The van der Waals surface area contributed by atoms with Crippen LogP contribution >= 0.6 is 11.3 Å². The number of rotatable bonds is 4. The monoisotopic (exact) mass is 386 g/mol. The molecule has 2 N–H and O–H groups in total. The third kappa shape index (κ3) is 4.65. The number of urea groups is 1. The van der Waals surface area contributed by atoms with Crippen molar-refractivity contribution in [2.45, 2.75) is 50.5 Å². The fourth-order valence-electron chi connectivity index (χ4n) is 4.13. The molecule has 0 unspecified atom stereocenters. The van der Waals surface area contributed by atoms with Gasteiger partial charge in [-0.2, -0.15) is 0 Å². The summed E-state index contributed by atoms with van der Waals surface area (Å²) < 4.78 is 1.21. The number of benzene rings is 1. The van der Waals surface area contributed by atoms with Crippen molar-refractivity contribution >= 4 is 33.5 Å². The minimum absolute atomic E-state index is 0.219. The lowest BCUT2D eigenvalue weighted by Gasteiger charge is -2.31. The van der Waals surface area contributed by atoms with Crippen LogP contribution < -0.4 is 10.6 Å². The van der Waals surface area contributed by atoms with E-state index >= 15 is 0 Å². The van der Waals surface area contributed by atoms with Gasteiger partial charge in [-0.25, -0.2) is 9.78 Å². The van der Waals surface area contributed by atoms with Crippen LogP contribution in [0, 0.1) is 0 Å². The standard InChI is InChI=1S/C20H26N4O2S/c25-18(23-20(26)21-15-7-1-2-8-15)13-24-11-5-6-14(12-24)19-22-16-9-3-4-10-17(16)27-19/h3-4,9-10,14-15H,1-2,5-8,11-13H2,(H2,21,23,25,26)/t14-/m0/s1. The van der Waals surface area contributed by atoms with Gasteiger partial charge in [0.2, 0.25) is 5.91 Å². The number of imide groups is 1. The predicted octanol–water partition coefficient (Wildman–Crippen LogP) is 3.24. The SMILES string of the molecule is O=C(CN1CCC[C@H](c2nc3ccccc3s2)C1)NC(=O)NC1CCCC1. The summed E-state index contributed by atoms with van der Waals surface area (Å²) in [6, 6.07) is 8.07. The maximum absolute atomic E-state index is 12.3. The second-order valence-electron chi connectivity index (χ2n) is 7.60. The molecule has 0 radical (unpaired) electrons. The van der Waals surface area contributed by atoms with Gasteiger partial charge in [0.15, 0.2) is 0 Å². The normalized spacial score (nSPS) is 21.4. The Morgan fingerprint density at radius 2 is 1.96 bits per heavy atom. The zero-order chi connectivity index (χ0) is 18.6. The van der Waals surface area contributed by atoms with E-state index in [0.29, 0.717) is 5.92 Å². The number of fused-ring (bicyclic) bond motifs is 1. The molecule has 1 aromatic heterocycles. The molecule has 7 heteroatoms. The van der Waals surface area contributed by atoms with Crippen molar-refractivity contribution in [1.82, 2.24) is 20.5 Å². The molecule has 1 aliphatic carbocycles. The van der Waals surface area contributed by atoms with Crippen molar-refractivity contribution in [1.29, 1.82) is 0 Å². The van der Waals surface area contributed by atoms with E-state index < -0.39 is 0 Å². The summed E-state index contributed by atoms with van der Waals surface area (Å²) >= 11 is 1.75. The topological polar surface area (TPSA) is 74.3 Å². The summed E-state index contributed by atoms with van der Waals surface area (Å²) in [4.78, 5) is 31.1. The van der Waals surface area contributed by atoms with Gasteiger partial charge in [-0.05, 0) is 44.4 Å². The Morgan fingerprint density at radius 1 is 1.15 bits per heavy atom. The fraction of sp³-hybridized carbons (Fsp3) is 0.550. The first-order valence-corrected chi connectivity index (χ1v) is 10.7. The van der Waals surface area contributed by atoms with Crippen LogP contribution in [-0.4, -0.2) is 47.5 Å². The van der Waals surface area contributed by atoms with Crippen molar-refractivity contribution in [3.8, 4) is 0 Å². The number of piperidine rings is 1. The lowest BCUT2D eigenvalue weighted by atomic mass is 9.99. The average Bonchev–Trinajstić information content (AvgIpc) is 3.30. The zero-order valence-electron chi connectivity index (χ0n) is 15.4. The van der Waals surface area contributed by atoms with E-state index in [1.54, 1.807) is 11.3 Å². The van der Waals surface area contributed by atoms with E-state index in [4.69, 9.17) is 4.98 Å². The van der Waals surface area contributed by atoms with E-state index in [2.05, 4.69) is 21.6 Å². The predicted molar refractivity (Wildman–Crippen MR) is 107 cm³/mol. The van der Waals surface area contributed by atoms with E-state index in [0.717, 1.165) is 62.1 Å². The maximum Gasteiger partial charge on any atom is 0.321 e. The molecule has 2 aliphatic rings. The second-order valence-corrected chi connectivity index (χ2v) is 8.66. The number of carbonyl (C=O) groups excluding carboxylic acids is 2. The van der Waals surface area contributed by atoms with Crippen LogP contribution in [-0.2, 0) is 4.79 Å². The Labute approximate surface area is 163 Å². The summed E-state index contributed by atoms with van der Waals surface area (Å²) in [6.45, 7) is 1.97. The lowest BCUT2D eigenvalue weighted by Crippen LogP contribution is -2.48. The second kappa shape index (κ2) is 8.35. The quantitative estimate of drug-likeness (QED) is 0.846. The van der Waals surface area contributed by atoms with Crippen molar-refractivity contribution in [3.63, 3.8) is 0 Å². The van der Waals surface area contributed by atoms with Gasteiger partial charge in [0.05, 0.1) is 21.8 Å². The molecular weight excluding hydrogens is 360 g/mol. The Balaban J connectivity index is 1.30. The highest BCUT2D eigenvalue weighted by Gasteiger charge is 2.26. The van der Waals surface area contributed by atoms with Gasteiger partial charge in [0, 0.05) is 18.5 Å². The molecule has 27 heavy (non-hydrogen) atoms. The smallest absolute Gasteiger partial charge is 0.321 e. The number of nitrogens with one attached hydrogen (secondary N) is 2.